The fraction of sp³-hybridized carbons (Fsp3) is 0.394. The molecule has 404 valence electrons. The highest BCUT2D eigenvalue weighted by Gasteiger charge is 2.41. The normalized spacial score (nSPS) is 19.2. The summed E-state index contributed by atoms with van der Waals surface area (Å²) >= 11 is 0. The van der Waals surface area contributed by atoms with Gasteiger partial charge in [0.2, 0.25) is 11.8 Å². The molecule has 12 rings (SSSR count). The molecule has 2 aliphatic carbocycles. The zero-order valence-electron chi connectivity index (χ0n) is 46.0. The fourth-order valence-corrected chi connectivity index (χ4v) is 13.1. The molecule has 78 heavy (non-hydrogen) atoms. The van der Waals surface area contributed by atoms with Gasteiger partial charge in [-0.25, -0.2) is 17.6 Å². The summed E-state index contributed by atoms with van der Waals surface area (Å²) in [7, 11) is 0. The number of nitrogens with zero attached hydrogens (tertiary/aromatic N) is 6. The van der Waals surface area contributed by atoms with E-state index in [1.54, 1.807) is 27.7 Å². The van der Waals surface area contributed by atoms with Crippen LogP contribution < -0.4 is 0 Å². The van der Waals surface area contributed by atoms with Crippen molar-refractivity contribution in [1.29, 1.82) is 0 Å². The zero-order valence-corrected chi connectivity index (χ0v) is 46.0. The minimum absolute atomic E-state index is 0.0380. The summed E-state index contributed by atoms with van der Waals surface area (Å²) in [5.41, 5.74) is 16.1. The lowest BCUT2D eigenvalue weighted by Gasteiger charge is -2.36. The maximum atomic E-state index is 14.3. The Labute approximate surface area is 454 Å². The molecule has 6 heterocycles. The second-order valence-electron chi connectivity index (χ2n) is 23.7. The number of halogens is 4. The molecule has 0 spiro atoms. The van der Waals surface area contributed by atoms with Crippen LogP contribution in [0.25, 0.3) is 55.0 Å². The average Bonchev–Trinajstić information content (AvgIpc) is 4.24. The van der Waals surface area contributed by atoms with Crippen molar-refractivity contribution in [3.8, 4) is 0 Å². The van der Waals surface area contributed by atoms with Crippen LogP contribution in [0.3, 0.4) is 0 Å². The zero-order chi connectivity index (χ0) is 55.1. The lowest BCUT2D eigenvalue weighted by atomic mass is 9.79. The number of rotatable bonds is 10. The van der Waals surface area contributed by atoms with E-state index in [0.717, 1.165) is 99.8 Å². The molecule has 2 saturated carbocycles. The molecule has 0 amide bonds. The highest BCUT2D eigenvalue weighted by Crippen LogP contribution is 2.49. The van der Waals surface area contributed by atoms with Gasteiger partial charge in [0.05, 0.1) is 69.5 Å². The van der Waals surface area contributed by atoms with Crippen molar-refractivity contribution in [2.24, 2.45) is 21.8 Å². The molecule has 2 fully saturated rings. The van der Waals surface area contributed by atoms with Crippen LogP contribution in [0.4, 0.5) is 17.6 Å². The Morgan fingerprint density at radius 3 is 1.18 bits per heavy atom. The van der Waals surface area contributed by atoms with Crippen molar-refractivity contribution in [3.63, 3.8) is 0 Å². The molecule has 4 aromatic heterocycles. The van der Waals surface area contributed by atoms with Crippen LogP contribution in [-0.4, -0.2) is 65.7 Å². The standard InChI is InChI=1S/2C33H35F2N3O/c2*1-20-18-36-21(2)29(20)24-16-28-30(37-19-24)26-11-10-25(32(3,4)39)17-27(26)38(28)31(22-8-6-5-7-9-22)23-12-14-33(34,35)15-13-23/h2*5-11,16-17,19,23,31,39H,12-15,18H2,1-4H3. The Hall–Kier alpha value is -6.76. The van der Waals surface area contributed by atoms with E-state index < -0.39 is 23.0 Å². The first-order chi connectivity index (χ1) is 37.1. The topological polar surface area (TPSA) is 101 Å². The molecule has 0 saturated heterocycles. The Kier molecular flexibility index (Phi) is 13.8. The van der Waals surface area contributed by atoms with Gasteiger partial charge < -0.3 is 19.3 Å². The van der Waals surface area contributed by atoms with Crippen molar-refractivity contribution >= 4 is 66.4 Å². The van der Waals surface area contributed by atoms with Crippen molar-refractivity contribution in [3.05, 3.63) is 166 Å². The number of benzene rings is 4. The first-order valence-corrected chi connectivity index (χ1v) is 27.7. The molecule has 2 aliphatic heterocycles. The number of hydrogen-bond donors (Lipinski definition) is 2. The number of fused-ring (bicyclic) bond motifs is 6. The second kappa shape index (κ2) is 20.2. The molecule has 2 N–H and O–H groups in total. The van der Waals surface area contributed by atoms with Gasteiger partial charge in [-0.2, -0.15) is 0 Å². The smallest absolute Gasteiger partial charge is 0.248 e. The number of aromatic nitrogens is 4. The Bertz CT molecular complexity index is 3480. The van der Waals surface area contributed by atoms with E-state index in [1.165, 1.54) is 11.1 Å². The lowest BCUT2D eigenvalue weighted by Crippen LogP contribution is -2.30. The van der Waals surface area contributed by atoms with Crippen molar-refractivity contribution in [1.82, 2.24) is 19.1 Å². The molecular weight excluding hydrogens is 985 g/mol. The summed E-state index contributed by atoms with van der Waals surface area (Å²) < 4.78 is 61.9. The molecular formula is C66H70F4N6O2. The van der Waals surface area contributed by atoms with Gasteiger partial charge in [-0.15, -0.1) is 0 Å². The summed E-state index contributed by atoms with van der Waals surface area (Å²) in [5, 5.41) is 23.8. The molecule has 0 bridgehead atoms. The van der Waals surface area contributed by atoms with E-state index in [2.05, 4.69) is 81.5 Å². The summed E-state index contributed by atoms with van der Waals surface area (Å²) in [5.74, 6) is -5.14. The first kappa shape index (κ1) is 53.3. The molecule has 8 nitrogen and oxygen atoms in total. The fourth-order valence-electron chi connectivity index (χ4n) is 13.1. The molecule has 0 radical (unpaired) electrons. The van der Waals surface area contributed by atoms with Crippen LogP contribution in [0, 0.1) is 11.8 Å². The number of aliphatic hydroxyl groups is 2. The Morgan fingerprint density at radius 1 is 0.500 bits per heavy atom. The third-order valence-corrected chi connectivity index (χ3v) is 17.2. The van der Waals surface area contributed by atoms with E-state index in [9.17, 15) is 27.8 Å². The highest BCUT2D eigenvalue weighted by atomic mass is 19.3. The Morgan fingerprint density at radius 2 is 0.859 bits per heavy atom. The lowest BCUT2D eigenvalue weighted by molar-refractivity contribution is -0.0498. The third-order valence-electron chi connectivity index (χ3n) is 17.2. The van der Waals surface area contributed by atoms with Crippen LogP contribution in [0.5, 0.6) is 0 Å². The van der Waals surface area contributed by atoms with Gasteiger partial charge in [-0.3, -0.25) is 20.0 Å². The molecule has 2 atom stereocenters. The van der Waals surface area contributed by atoms with Gasteiger partial charge in [0.25, 0.3) is 0 Å². The van der Waals surface area contributed by atoms with Crippen molar-refractivity contribution in [2.45, 2.75) is 142 Å². The predicted molar refractivity (Wildman–Crippen MR) is 309 cm³/mol. The monoisotopic (exact) mass is 1050 g/mol. The van der Waals surface area contributed by atoms with E-state index in [1.807, 2.05) is 86.9 Å². The molecule has 4 aliphatic rings. The minimum atomic E-state index is -2.61. The van der Waals surface area contributed by atoms with Gasteiger partial charge in [0.15, 0.2) is 0 Å². The minimum Gasteiger partial charge on any atom is -0.386 e. The molecule has 2 unspecified atom stereocenters. The summed E-state index contributed by atoms with van der Waals surface area (Å²) in [4.78, 5) is 19.2. The van der Waals surface area contributed by atoms with Crippen LogP contribution in [0.15, 0.2) is 143 Å². The van der Waals surface area contributed by atoms with Gasteiger partial charge in [-0.05, 0) is 151 Å². The van der Waals surface area contributed by atoms with Gasteiger partial charge >= 0.3 is 0 Å². The average molecular weight is 1060 g/mol. The number of pyridine rings is 2. The van der Waals surface area contributed by atoms with E-state index in [4.69, 9.17) is 9.97 Å². The largest absolute Gasteiger partial charge is 0.386 e. The number of alkyl halides is 4. The van der Waals surface area contributed by atoms with E-state index in [-0.39, 0.29) is 49.6 Å². The third kappa shape index (κ3) is 10.0. The summed E-state index contributed by atoms with van der Waals surface area (Å²) in [6.45, 7) is 16.8. The predicted octanol–water partition coefficient (Wildman–Crippen LogP) is 16.2. The van der Waals surface area contributed by atoms with Gasteiger partial charge in [0.1, 0.15) is 0 Å². The molecule has 8 aromatic rings. The maximum Gasteiger partial charge on any atom is 0.248 e. The van der Waals surface area contributed by atoms with Crippen molar-refractivity contribution in [2.75, 3.05) is 13.1 Å². The molecule has 4 aromatic carbocycles. The van der Waals surface area contributed by atoms with Crippen LogP contribution in [0.2, 0.25) is 0 Å². The van der Waals surface area contributed by atoms with Crippen LogP contribution in [-0.2, 0) is 11.2 Å². The van der Waals surface area contributed by atoms with Gasteiger partial charge in [0, 0.05) is 82.5 Å². The highest BCUT2D eigenvalue weighted by molar-refractivity contribution is 6.26. The maximum absolute atomic E-state index is 14.3. The van der Waals surface area contributed by atoms with Crippen LogP contribution in [0.1, 0.15) is 152 Å². The SMILES string of the molecule is CC1=NCC(C)=C1c1cnc2c3ccc(C(C)(C)O)cc3n(C(c3ccccc3)C3CCC(F)(F)CC3)c2c1.CC1=NCC(C)=C1c1cnc2c3ccc(C(C)(C)O)cc3n(C(c3ccccc3)C3CCC(F)(F)CC3)c2c1. The number of allylic oxidation sites excluding steroid dienone is 2. The van der Waals surface area contributed by atoms with E-state index in [0.29, 0.717) is 38.8 Å². The number of aliphatic imine (C=N–C) groups is 2. The summed E-state index contributed by atoms with van der Waals surface area (Å²) in [6, 6.07) is 36.7. The van der Waals surface area contributed by atoms with E-state index >= 15 is 0 Å². The van der Waals surface area contributed by atoms with Crippen molar-refractivity contribution < 1.29 is 27.8 Å². The first-order valence-electron chi connectivity index (χ1n) is 27.7. The summed E-state index contributed by atoms with van der Waals surface area (Å²) in [6.07, 6.45) is 5.25. The molecule has 12 heteroatoms. The number of hydrogen-bond acceptors (Lipinski definition) is 6. The van der Waals surface area contributed by atoms with Crippen LogP contribution >= 0.6 is 0 Å². The van der Waals surface area contributed by atoms with Gasteiger partial charge in [-0.1, -0.05) is 84.9 Å². The Balaban J connectivity index is 0.000000165. The second-order valence-corrected chi connectivity index (χ2v) is 23.7. The quantitative estimate of drug-likeness (QED) is 0.133.